The second-order valence-corrected chi connectivity index (χ2v) is 8.00. The molecule has 144 valence electrons. The molecule has 3 heterocycles. The fourth-order valence-electron chi connectivity index (χ4n) is 3.42. The van der Waals surface area contributed by atoms with Crippen LogP contribution in [0.15, 0.2) is 34.6 Å². The first-order chi connectivity index (χ1) is 13.2. The van der Waals surface area contributed by atoms with Crippen molar-refractivity contribution in [3.05, 3.63) is 40.1 Å². The summed E-state index contributed by atoms with van der Waals surface area (Å²) in [6.45, 7) is 6.32. The lowest BCUT2D eigenvalue weighted by atomic mass is 10.1. The van der Waals surface area contributed by atoms with Crippen molar-refractivity contribution in [1.82, 2.24) is 4.90 Å². The van der Waals surface area contributed by atoms with Crippen LogP contribution in [0.3, 0.4) is 0 Å². The quantitative estimate of drug-likeness (QED) is 0.624. The first-order valence-electron chi connectivity index (χ1n) is 9.45. The summed E-state index contributed by atoms with van der Waals surface area (Å²) < 4.78 is 11.4. The largest absolute Gasteiger partial charge is 0.490 e. The predicted molar refractivity (Wildman–Crippen MR) is 110 cm³/mol. The molecule has 0 radical (unpaired) electrons. The summed E-state index contributed by atoms with van der Waals surface area (Å²) in [5.41, 5.74) is 8.41. The molecule has 1 aromatic heterocycles. The lowest BCUT2D eigenvalue weighted by Gasteiger charge is -2.31. The number of nitrogens with two attached hydrogens (primary N) is 1. The third-order valence-corrected chi connectivity index (χ3v) is 6.03. The molecule has 0 bridgehead atoms. The Labute approximate surface area is 164 Å². The summed E-state index contributed by atoms with van der Waals surface area (Å²) in [4.78, 5) is 8.54. The normalized spacial score (nSPS) is 18.5. The zero-order valence-electron chi connectivity index (χ0n) is 15.6. The maximum atomic E-state index is 6.10. The number of ether oxygens (including phenoxy) is 2. The number of aliphatic imine (C=N–C) groups is 1. The Balaban J connectivity index is 1.34. The predicted octanol–water partition coefficient (Wildman–Crippen LogP) is 3.08. The molecule has 1 unspecified atom stereocenters. The average molecular weight is 387 g/mol. The Morgan fingerprint density at radius 2 is 2.15 bits per heavy atom. The Hall–Kier alpha value is -2.25. The minimum atomic E-state index is 0.349. The summed E-state index contributed by atoms with van der Waals surface area (Å²) in [6, 6.07) is 8.34. The van der Waals surface area contributed by atoms with E-state index in [2.05, 4.69) is 33.6 Å². The third kappa shape index (κ3) is 4.36. The Morgan fingerprint density at radius 3 is 3.04 bits per heavy atom. The molecule has 2 aliphatic heterocycles. The molecular weight excluding hydrogens is 360 g/mol. The molecule has 27 heavy (non-hydrogen) atoms. The number of nitrogens with zero attached hydrogens (tertiary/aromatic N) is 2. The minimum Gasteiger partial charge on any atom is -0.490 e. The van der Waals surface area contributed by atoms with Gasteiger partial charge in [-0.15, -0.1) is 11.3 Å². The number of nitrogens with one attached hydrogen (secondary N) is 1. The lowest BCUT2D eigenvalue weighted by Crippen LogP contribution is -2.39. The summed E-state index contributed by atoms with van der Waals surface area (Å²) in [5.74, 6) is 1.95. The van der Waals surface area contributed by atoms with Crippen LogP contribution < -0.4 is 20.5 Å². The van der Waals surface area contributed by atoms with Crippen molar-refractivity contribution in [1.29, 1.82) is 0 Å². The molecule has 0 spiro atoms. The van der Waals surface area contributed by atoms with E-state index >= 15 is 0 Å². The van der Waals surface area contributed by atoms with Crippen molar-refractivity contribution >= 4 is 23.0 Å². The number of hydrogen-bond donors (Lipinski definition) is 2. The number of rotatable bonds is 4. The van der Waals surface area contributed by atoms with Crippen molar-refractivity contribution < 1.29 is 9.47 Å². The Bertz CT molecular complexity index is 820. The molecule has 0 amide bonds. The highest BCUT2D eigenvalue weighted by Crippen LogP contribution is 2.32. The van der Waals surface area contributed by atoms with Crippen molar-refractivity contribution in [2.24, 2.45) is 10.7 Å². The third-order valence-electron chi connectivity index (χ3n) is 5.01. The smallest absolute Gasteiger partial charge is 0.193 e. The van der Waals surface area contributed by atoms with Gasteiger partial charge in [0, 0.05) is 42.2 Å². The molecule has 1 aromatic carbocycles. The van der Waals surface area contributed by atoms with Crippen molar-refractivity contribution in [3.63, 3.8) is 0 Å². The fourth-order valence-corrected chi connectivity index (χ4v) is 4.31. The van der Waals surface area contributed by atoms with Crippen LogP contribution in [-0.2, 0) is 13.0 Å². The van der Waals surface area contributed by atoms with Gasteiger partial charge in [0.2, 0.25) is 0 Å². The van der Waals surface area contributed by atoms with E-state index < -0.39 is 0 Å². The van der Waals surface area contributed by atoms with Gasteiger partial charge in [0.05, 0.1) is 19.8 Å². The van der Waals surface area contributed by atoms with E-state index in [1.807, 2.05) is 29.5 Å². The van der Waals surface area contributed by atoms with Gasteiger partial charge in [-0.25, -0.2) is 0 Å². The highest BCUT2D eigenvalue weighted by Gasteiger charge is 2.21. The summed E-state index contributed by atoms with van der Waals surface area (Å²) >= 11 is 1.87. The fraction of sp³-hybridized carbons (Fsp3) is 0.450. The van der Waals surface area contributed by atoms with E-state index in [1.165, 1.54) is 10.4 Å². The van der Waals surface area contributed by atoms with Crippen LogP contribution in [0.1, 0.15) is 23.8 Å². The maximum Gasteiger partial charge on any atom is 0.193 e. The molecular formula is C20H26N4O2S. The molecule has 0 saturated heterocycles. The van der Waals surface area contributed by atoms with Crippen molar-refractivity contribution in [3.8, 4) is 11.5 Å². The minimum absolute atomic E-state index is 0.349. The first-order valence-corrected chi connectivity index (χ1v) is 10.3. The molecule has 0 fully saturated rings. The van der Waals surface area contributed by atoms with Gasteiger partial charge in [-0.2, -0.15) is 0 Å². The van der Waals surface area contributed by atoms with Gasteiger partial charge in [0.15, 0.2) is 17.5 Å². The topological polar surface area (TPSA) is 72.1 Å². The van der Waals surface area contributed by atoms with Crippen LogP contribution >= 0.6 is 11.3 Å². The Kier molecular flexibility index (Phi) is 5.50. The number of thiophene rings is 1. The van der Waals surface area contributed by atoms with Gasteiger partial charge in [0.25, 0.3) is 0 Å². The molecule has 0 aliphatic carbocycles. The number of anilines is 1. The lowest BCUT2D eigenvalue weighted by molar-refractivity contribution is 0.197. The zero-order valence-corrected chi connectivity index (χ0v) is 16.4. The molecule has 2 aromatic rings. The van der Waals surface area contributed by atoms with E-state index in [-0.39, 0.29) is 0 Å². The van der Waals surface area contributed by atoms with Crippen LogP contribution in [-0.4, -0.2) is 43.2 Å². The van der Waals surface area contributed by atoms with Crippen LogP contribution in [0, 0.1) is 0 Å². The number of hydrogen-bond acceptors (Lipinski definition) is 5. The van der Waals surface area contributed by atoms with E-state index in [9.17, 15) is 0 Å². The van der Waals surface area contributed by atoms with E-state index in [1.54, 1.807) is 0 Å². The molecule has 3 N–H and O–H groups in total. The van der Waals surface area contributed by atoms with Gasteiger partial charge in [0.1, 0.15) is 0 Å². The van der Waals surface area contributed by atoms with Crippen LogP contribution in [0.4, 0.5) is 5.69 Å². The van der Waals surface area contributed by atoms with Crippen LogP contribution in [0.25, 0.3) is 0 Å². The van der Waals surface area contributed by atoms with Crippen molar-refractivity contribution in [2.45, 2.75) is 32.4 Å². The summed E-state index contributed by atoms with van der Waals surface area (Å²) in [6.07, 6.45) is 2.02. The summed E-state index contributed by atoms with van der Waals surface area (Å²) in [7, 11) is 0. The van der Waals surface area contributed by atoms with Gasteiger partial charge in [-0.1, -0.05) is 0 Å². The number of fused-ring (bicyclic) bond motifs is 2. The van der Waals surface area contributed by atoms with Gasteiger partial charge < -0.3 is 20.5 Å². The van der Waals surface area contributed by atoms with Gasteiger partial charge in [-0.3, -0.25) is 9.89 Å². The zero-order chi connectivity index (χ0) is 18.6. The number of guanidine groups is 1. The molecule has 4 rings (SSSR count). The monoisotopic (exact) mass is 386 g/mol. The van der Waals surface area contributed by atoms with Crippen LogP contribution in [0.5, 0.6) is 11.5 Å². The summed E-state index contributed by atoms with van der Waals surface area (Å²) in [5, 5.41) is 5.35. The van der Waals surface area contributed by atoms with Gasteiger partial charge in [-0.05, 0) is 42.5 Å². The highest BCUT2D eigenvalue weighted by molar-refractivity contribution is 7.10. The number of benzene rings is 1. The maximum absolute atomic E-state index is 6.10. The Morgan fingerprint density at radius 1 is 1.30 bits per heavy atom. The van der Waals surface area contributed by atoms with E-state index in [4.69, 9.17) is 15.2 Å². The SMILES string of the molecule is CC(CN=C(N)Nc1ccc2c(c1)OCCCO2)N1CCc2sccc2C1. The van der Waals surface area contributed by atoms with E-state index in [0.29, 0.717) is 31.8 Å². The molecule has 1 atom stereocenters. The molecule has 2 aliphatic rings. The highest BCUT2D eigenvalue weighted by atomic mass is 32.1. The van der Waals surface area contributed by atoms with Crippen LogP contribution in [0.2, 0.25) is 0 Å². The first kappa shape index (κ1) is 18.1. The molecule has 6 nitrogen and oxygen atoms in total. The van der Waals surface area contributed by atoms with E-state index in [0.717, 1.165) is 43.1 Å². The molecule has 7 heteroatoms. The average Bonchev–Trinajstić information content (AvgIpc) is 3.02. The second kappa shape index (κ2) is 8.19. The van der Waals surface area contributed by atoms with Crippen molar-refractivity contribution in [2.75, 3.05) is 31.6 Å². The second-order valence-electron chi connectivity index (χ2n) is 7.00. The van der Waals surface area contributed by atoms with Gasteiger partial charge >= 0.3 is 0 Å². The standard InChI is InChI=1S/C20H26N4O2S/c1-14(24-7-5-19-15(13-24)6-10-27-19)12-22-20(21)23-16-3-4-17-18(11-16)26-9-2-8-25-17/h3-4,6,10-11,14H,2,5,7-9,12-13H2,1H3,(H3,21,22,23). The molecule has 0 saturated carbocycles.